The number of benzene rings is 1. The number of halogens is 1. The second-order valence-corrected chi connectivity index (χ2v) is 5.60. The minimum Gasteiger partial charge on any atom is -0.273 e. The zero-order valence-electron chi connectivity index (χ0n) is 10.5. The molecular weight excluding hydrogens is 339 g/mol. The molecular formula is C13H17IN4. The molecule has 2 aromatic rings. The Morgan fingerprint density at radius 2 is 2.06 bits per heavy atom. The molecule has 0 bridgehead atoms. The van der Waals surface area contributed by atoms with Crippen molar-refractivity contribution in [2.24, 2.45) is 12.9 Å². The van der Waals surface area contributed by atoms with E-state index >= 15 is 0 Å². The number of rotatable bonds is 4. The highest BCUT2D eigenvalue weighted by Gasteiger charge is 2.15. The van der Waals surface area contributed by atoms with E-state index in [1.807, 2.05) is 17.9 Å². The van der Waals surface area contributed by atoms with Crippen molar-refractivity contribution in [3.63, 3.8) is 0 Å². The molecule has 2 rings (SSSR count). The van der Waals surface area contributed by atoms with Gasteiger partial charge in [0.15, 0.2) is 0 Å². The zero-order chi connectivity index (χ0) is 13.1. The molecule has 0 radical (unpaired) electrons. The van der Waals surface area contributed by atoms with Crippen LogP contribution in [-0.4, -0.2) is 9.78 Å². The molecule has 1 aromatic heterocycles. The van der Waals surface area contributed by atoms with Crippen LogP contribution in [0.25, 0.3) is 0 Å². The van der Waals surface area contributed by atoms with Gasteiger partial charge in [-0.3, -0.25) is 16.0 Å². The summed E-state index contributed by atoms with van der Waals surface area (Å²) in [7, 11) is 1.94. The highest BCUT2D eigenvalue weighted by Crippen LogP contribution is 2.21. The Morgan fingerprint density at radius 3 is 2.56 bits per heavy atom. The van der Waals surface area contributed by atoms with Gasteiger partial charge >= 0.3 is 0 Å². The first-order valence-corrected chi connectivity index (χ1v) is 6.88. The molecule has 0 aliphatic carbocycles. The summed E-state index contributed by atoms with van der Waals surface area (Å²) in [4.78, 5) is 0. The van der Waals surface area contributed by atoms with E-state index in [4.69, 9.17) is 5.84 Å². The zero-order valence-corrected chi connectivity index (χ0v) is 12.7. The molecule has 0 aliphatic heterocycles. The summed E-state index contributed by atoms with van der Waals surface area (Å²) in [5, 5.41) is 4.26. The maximum absolute atomic E-state index is 5.67. The van der Waals surface area contributed by atoms with Gasteiger partial charge in [0.25, 0.3) is 0 Å². The largest absolute Gasteiger partial charge is 0.273 e. The average Bonchev–Trinajstić information content (AvgIpc) is 2.70. The molecule has 0 fully saturated rings. The van der Waals surface area contributed by atoms with Gasteiger partial charge < -0.3 is 0 Å². The second-order valence-electron chi connectivity index (χ2n) is 4.36. The molecule has 5 heteroatoms. The Morgan fingerprint density at radius 1 is 1.39 bits per heavy atom. The van der Waals surface area contributed by atoms with Crippen LogP contribution in [0.1, 0.15) is 22.9 Å². The summed E-state index contributed by atoms with van der Waals surface area (Å²) in [6, 6.07) is 8.59. The predicted molar refractivity (Wildman–Crippen MR) is 80.9 cm³/mol. The molecule has 1 heterocycles. The van der Waals surface area contributed by atoms with Gasteiger partial charge in [-0.1, -0.05) is 12.1 Å². The van der Waals surface area contributed by atoms with E-state index in [1.165, 1.54) is 9.13 Å². The highest BCUT2D eigenvalue weighted by molar-refractivity contribution is 14.1. The predicted octanol–water partition coefficient (Wildman–Crippen LogP) is 2.08. The monoisotopic (exact) mass is 356 g/mol. The average molecular weight is 356 g/mol. The minimum atomic E-state index is 0.0961. The molecule has 96 valence electrons. The maximum Gasteiger partial charge on any atom is 0.0540 e. The molecule has 1 aromatic carbocycles. The highest BCUT2D eigenvalue weighted by atomic mass is 127. The van der Waals surface area contributed by atoms with Crippen molar-refractivity contribution in [3.8, 4) is 0 Å². The third-order valence-corrected chi connectivity index (χ3v) is 3.92. The molecule has 18 heavy (non-hydrogen) atoms. The molecule has 0 saturated heterocycles. The number of nitrogens with one attached hydrogen (secondary N) is 1. The molecule has 0 amide bonds. The minimum absolute atomic E-state index is 0.0961. The van der Waals surface area contributed by atoms with Crippen LogP contribution in [0.15, 0.2) is 30.5 Å². The fraction of sp³-hybridized carbons (Fsp3) is 0.308. The van der Waals surface area contributed by atoms with E-state index in [0.717, 1.165) is 17.7 Å². The Bertz CT molecular complexity index is 518. The van der Waals surface area contributed by atoms with Gasteiger partial charge in [0.2, 0.25) is 0 Å². The van der Waals surface area contributed by atoms with Crippen LogP contribution in [0.2, 0.25) is 0 Å². The fourth-order valence-corrected chi connectivity index (χ4v) is 2.33. The van der Waals surface area contributed by atoms with Crippen molar-refractivity contribution in [2.45, 2.75) is 19.4 Å². The molecule has 4 nitrogen and oxygen atoms in total. The van der Waals surface area contributed by atoms with E-state index < -0.39 is 0 Å². The van der Waals surface area contributed by atoms with Crippen molar-refractivity contribution in [2.75, 3.05) is 0 Å². The number of hydrazine groups is 1. The summed E-state index contributed by atoms with van der Waals surface area (Å²) >= 11 is 2.31. The SMILES string of the molecule is Cc1c(C(Cc2ccc(I)cc2)NN)cnn1C. The van der Waals surface area contributed by atoms with Crippen LogP contribution in [0.4, 0.5) is 0 Å². The Labute approximate surface area is 121 Å². The summed E-state index contributed by atoms with van der Waals surface area (Å²) in [5.74, 6) is 5.67. The van der Waals surface area contributed by atoms with Gasteiger partial charge in [-0.15, -0.1) is 0 Å². The van der Waals surface area contributed by atoms with Crippen molar-refractivity contribution >= 4 is 22.6 Å². The number of aryl methyl sites for hydroxylation is 1. The van der Waals surface area contributed by atoms with Crippen LogP contribution in [0, 0.1) is 10.5 Å². The Kier molecular flexibility index (Phi) is 4.36. The van der Waals surface area contributed by atoms with Crippen LogP contribution in [-0.2, 0) is 13.5 Å². The summed E-state index contributed by atoms with van der Waals surface area (Å²) < 4.78 is 3.11. The van der Waals surface area contributed by atoms with E-state index in [2.05, 4.69) is 64.3 Å². The fourth-order valence-electron chi connectivity index (χ4n) is 1.97. The van der Waals surface area contributed by atoms with E-state index in [1.54, 1.807) is 0 Å². The molecule has 1 atom stereocenters. The lowest BCUT2D eigenvalue weighted by Crippen LogP contribution is -2.29. The standard InChI is InChI=1S/C13H17IN4/c1-9-12(8-16-18(9)2)13(17-15)7-10-3-5-11(14)6-4-10/h3-6,8,13,17H,7,15H2,1-2H3. The summed E-state index contributed by atoms with van der Waals surface area (Å²) in [5.41, 5.74) is 6.44. The van der Waals surface area contributed by atoms with Crippen LogP contribution in [0.3, 0.4) is 0 Å². The van der Waals surface area contributed by atoms with E-state index in [-0.39, 0.29) is 6.04 Å². The number of aromatic nitrogens is 2. The molecule has 0 aliphatic rings. The normalized spacial score (nSPS) is 12.7. The van der Waals surface area contributed by atoms with Gasteiger partial charge in [-0.25, -0.2) is 0 Å². The number of nitrogens with zero attached hydrogens (tertiary/aromatic N) is 2. The molecule has 3 N–H and O–H groups in total. The van der Waals surface area contributed by atoms with Crippen LogP contribution >= 0.6 is 22.6 Å². The first kappa shape index (κ1) is 13.5. The topological polar surface area (TPSA) is 55.9 Å². The number of nitrogens with two attached hydrogens (primary N) is 1. The third-order valence-electron chi connectivity index (χ3n) is 3.20. The summed E-state index contributed by atoms with van der Waals surface area (Å²) in [6.07, 6.45) is 2.74. The number of hydrogen-bond acceptors (Lipinski definition) is 3. The lowest BCUT2D eigenvalue weighted by atomic mass is 10.0. The number of hydrogen-bond donors (Lipinski definition) is 2. The molecule has 1 unspecified atom stereocenters. The summed E-state index contributed by atoms with van der Waals surface area (Å²) in [6.45, 7) is 2.06. The van der Waals surface area contributed by atoms with Crippen molar-refractivity contribution < 1.29 is 0 Å². The Balaban J connectivity index is 2.19. The lowest BCUT2D eigenvalue weighted by Gasteiger charge is -2.15. The third kappa shape index (κ3) is 2.90. The van der Waals surface area contributed by atoms with Crippen molar-refractivity contribution in [3.05, 3.63) is 50.9 Å². The van der Waals surface area contributed by atoms with Crippen LogP contribution < -0.4 is 11.3 Å². The van der Waals surface area contributed by atoms with Crippen molar-refractivity contribution in [1.82, 2.24) is 15.2 Å². The van der Waals surface area contributed by atoms with Gasteiger partial charge in [-0.2, -0.15) is 5.10 Å². The Hall–Kier alpha value is -0.920. The molecule has 0 saturated carbocycles. The maximum atomic E-state index is 5.67. The van der Waals surface area contributed by atoms with Crippen molar-refractivity contribution in [1.29, 1.82) is 0 Å². The van der Waals surface area contributed by atoms with Crippen LogP contribution in [0.5, 0.6) is 0 Å². The van der Waals surface area contributed by atoms with E-state index in [9.17, 15) is 0 Å². The second kappa shape index (κ2) is 5.81. The smallest absolute Gasteiger partial charge is 0.0540 e. The van der Waals surface area contributed by atoms with Gasteiger partial charge in [-0.05, 0) is 53.6 Å². The first-order valence-electron chi connectivity index (χ1n) is 5.81. The molecule has 0 spiro atoms. The quantitative estimate of drug-likeness (QED) is 0.501. The first-order chi connectivity index (χ1) is 8.61. The lowest BCUT2D eigenvalue weighted by molar-refractivity contribution is 0.548. The van der Waals surface area contributed by atoms with E-state index in [0.29, 0.717) is 0 Å². The van der Waals surface area contributed by atoms with Gasteiger partial charge in [0, 0.05) is 21.9 Å². The van der Waals surface area contributed by atoms with Gasteiger partial charge in [0.05, 0.1) is 12.2 Å². The van der Waals surface area contributed by atoms with Gasteiger partial charge in [0.1, 0.15) is 0 Å².